The fourth-order valence-corrected chi connectivity index (χ4v) is 4.72. The Labute approximate surface area is 156 Å². The number of hydrogen-bond donors (Lipinski definition) is 1. The van der Waals surface area contributed by atoms with Crippen LogP contribution in [0.1, 0.15) is 39.0 Å². The van der Waals surface area contributed by atoms with E-state index in [0.29, 0.717) is 6.42 Å². The number of benzene rings is 1. The zero-order valence-electron chi connectivity index (χ0n) is 15.9. The van der Waals surface area contributed by atoms with Crippen molar-refractivity contribution in [3.63, 3.8) is 0 Å². The van der Waals surface area contributed by atoms with Crippen molar-refractivity contribution in [3.05, 3.63) is 24.3 Å². The topological polar surface area (TPSA) is 44.8 Å². The largest absolute Gasteiger partial charge is 0.494 e. The van der Waals surface area contributed by atoms with Crippen LogP contribution in [0.25, 0.3) is 0 Å². The number of anilines is 1. The van der Waals surface area contributed by atoms with Crippen LogP contribution in [-0.2, 0) is 4.79 Å². The van der Waals surface area contributed by atoms with Crippen molar-refractivity contribution in [1.29, 1.82) is 0 Å². The van der Waals surface area contributed by atoms with Gasteiger partial charge >= 0.3 is 0 Å². The van der Waals surface area contributed by atoms with Crippen LogP contribution in [0, 0.1) is 5.41 Å². The van der Waals surface area contributed by atoms with Crippen molar-refractivity contribution in [3.8, 4) is 5.75 Å². The van der Waals surface area contributed by atoms with Crippen molar-refractivity contribution in [2.75, 3.05) is 44.2 Å². The summed E-state index contributed by atoms with van der Waals surface area (Å²) in [5.41, 5.74) is 1.15. The number of nitrogens with zero attached hydrogens (tertiary/aromatic N) is 2. The van der Waals surface area contributed by atoms with Gasteiger partial charge in [0.05, 0.1) is 6.61 Å². The van der Waals surface area contributed by atoms with E-state index in [9.17, 15) is 4.79 Å². The molecule has 3 aliphatic rings. The lowest BCUT2D eigenvalue weighted by molar-refractivity contribution is -0.117. The van der Waals surface area contributed by atoms with E-state index < -0.39 is 0 Å². The van der Waals surface area contributed by atoms with Gasteiger partial charge in [-0.2, -0.15) is 0 Å². The monoisotopic (exact) mass is 357 g/mol. The third-order valence-corrected chi connectivity index (χ3v) is 6.35. The minimum Gasteiger partial charge on any atom is -0.494 e. The lowest BCUT2D eigenvalue weighted by atomic mass is 9.86. The highest BCUT2D eigenvalue weighted by molar-refractivity contribution is 5.96. The summed E-state index contributed by atoms with van der Waals surface area (Å²) in [5, 5.41) is 3.41. The highest BCUT2D eigenvalue weighted by atomic mass is 16.5. The third-order valence-electron chi connectivity index (χ3n) is 6.35. The number of likely N-dealkylation sites (tertiary alicyclic amines) is 1. The average molecular weight is 357 g/mol. The van der Waals surface area contributed by atoms with Crippen LogP contribution >= 0.6 is 0 Å². The molecule has 0 aromatic heterocycles. The average Bonchev–Trinajstić information content (AvgIpc) is 3.34. The maximum absolute atomic E-state index is 12.4. The highest BCUT2D eigenvalue weighted by Gasteiger charge is 2.45. The quantitative estimate of drug-likeness (QED) is 0.795. The summed E-state index contributed by atoms with van der Waals surface area (Å²) >= 11 is 0. The molecule has 1 N–H and O–H groups in total. The number of ether oxygens (including phenoxy) is 1. The van der Waals surface area contributed by atoms with Crippen LogP contribution in [0.5, 0.6) is 5.75 Å². The van der Waals surface area contributed by atoms with Crippen molar-refractivity contribution in [1.82, 2.24) is 10.2 Å². The first kappa shape index (κ1) is 17.8. The van der Waals surface area contributed by atoms with Crippen LogP contribution in [0.3, 0.4) is 0 Å². The van der Waals surface area contributed by atoms with E-state index >= 15 is 0 Å². The van der Waals surface area contributed by atoms with Crippen LogP contribution in [0.15, 0.2) is 24.3 Å². The Morgan fingerprint density at radius 1 is 1.31 bits per heavy atom. The Morgan fingerprint density at radius 2 is 2.15 bits per heavy atom. The standard InChI is InChI=1S/C21H31N3O2/c1-17-4-2-11-23(17)12-3-13-26-19-7-5-18(6-8-19)24-16-21(14-20(24)25)9-10-22-15-21/h5-8,17,22H,2-4,9-16H2,1H3/t17-,21+/m1/s1. The Balaban J connectivity index is 1.26. The molecule has 142 valence electrons. The number of carbonyl (C=O) groups excluding carboxylic acids is 1. The molecule has 4 rings (SSSR count). The van der Waals surface area contributed by atoms with Gasteiger partial charge in [0.1, 0.15) is 5.75 Å². The van der Waals surface area contributed by atoms with Gasteiger partial charge in [-0.05, 0) is 70.0 Å². The molecule has 0 saturated carbocycles. The van der Waals surface area contributed by atoms with Gasteiger partial charge < -0.3 is 19.9 Å². The molecule has 5 heteroatoms. The van der Waals surface area contributed by atoms with Gasteiger partial charge in [-0.3, -0.25) is 4.79 Å². The van der Waals surface area contributed by atoms with Gasteiger partial charge in [-0.1, -0.05) is 0 Å². The molecule has 1 aromatic rings. The summed E-state index contributed by atoms with van der Waals surface area (Å²) in [6, 6.07) is 8.78. The van der Waals surface area contributed by atoms with Crippen LogP contribution < -0.4 is 15.0 Å². The summed E-state index contributed by atoms with van der Waals surface area (Å²) in [5.74, 6) is 1.15. The maximum Gasteiger partial charge on any atom is 0.227 e. The smallest absolute Gasteiger partial charge is 0.227 e. The summed E-state index contributed by atoms with van der Waals surface area (Å²) in [6.45, 7) is 8.26. The summed E-state index contributed by atoms with van der Waals surface area (Å²) in [7, 11) is 0. The molecular weight excluding hydrogens is 326 g/mol. The second kappa shape index (κ2) is 7.57. The van der Waals surface area contributed by atoms with Crippen molar-refractivity contribution >= 4 is 11.6 Å². The van der Waals surface area contributed by atoms with E-state index in [4.69, 9.17) is 4.74 Å². The van der Waals surface area contributed by atoms with E-state index in [1.54, 1.807) is 0 Å². The Hall–Kier alpha value is -1.59. The lowest BCUT2D eigenvalue weighted by Crippen LogP contribution is -2.29. The molecule has 2 atom stereocenters. The molecule has 1 amide bonds. The van der Waals surface area contributed by atoms with Gasteiger partial charge in [-0.25, -0.2) is 0 Å². The summed E-state index contributed by atoms with van der Waals surface area (Å²) in [4.78, 5) is 17.0. The molecule has 26 heavy (non-hydrogen) atoms. The van der Waals surface area contributed by atoms with Gasteiger partial charge in [0.25, 0.3) is 0 Å². The molecule has 3 heterocycles. The number of hydrogen-bond acceptors (Lipinski definition) is 4. The minimum atomic E-state index is 0.152. The second-order valence-corrected chi connectivity index (χ2v) is 8.31. The lowest BCUT2D eigenvalue weighted by Gasteiger charge is -2.22. The molecule has 0 aliphatic carbocycles. The fraction of sp³-hybridized carbons (Fsp3) is 0.667. The van der Waals surface area contributed by atoms with Gasteiger partial charge in [0, 0.05) is 43.2 Å². The van der Waals surface area contributed by atoms with Crippen molar-refractivity contribution in [2.24, 2.45) is 5.41 Å². The molecule has 3 fully saturated rings. The predicted octanol–water partition coefficient (Wildman–Crippen LogP) is 2.66. The maximum atomic E-state index is 12.4. The van der Waals surface area contributed by atoms with E-state index in [0.717, 1.165) is 63.1 Å². The number of rotatable bonds is 6. The zero-order chi connectivity index (χ0) is 18.0. The minimum absolute atomic E-state index is 0.152. The molecular formula is C21H31N3O2. The predicted molar refractivity (Wildman–Crippen MR) is 104 cm³/mol. The summed E-state index contributed by atoms with van der Waals surface area (Å²) in [6.07, 6.45) is 5.50. The number of nitrogens with one attached hydrogen (secondary N) is 1. The number of amides is 1. The summed E-state index contributed by atoms with van der Waals surface area (Å²) < 4.78 is 5.90. The number of carbonyl (C=O) groups is 1. The van der Waals surface area contributed by atoms with E-state index in [1.165, 1.54) is 19.4 Å². The molecule has 0 unspecified atom stereocenters. The van der Waals surface area contributed by atoms with Crippen LogP contribution in [0.2, 0.25) is 0 Å². The zero-order valence-corrected chi connectivity index (χ0v) is 15.9. The Bertz CT molecular complexity index is 625. The molecule has 3 saturated heterocycles. The molecule has 5 nitrogen and oxygen atoms in total. The van der Waals surface area contributed by atoms with Gasteiger partial charge in [0.2, 0.25) is 5.91 Å². The molecule has 0 bridgehead atoms. The highest BCUT2D eigenvalue weighted by Crippen LogP contribution is 2.39. The first-order chi connectivity index (χ1) is 12.7. The van der Waals surface area contributed by atoms with E-state index in [2.05, 4.69) is 17.1 Å². The van der Waals surface area contributed by atoms with Crippen LogP contribution in [0.4, 0.5) is 5.69 Å². The van der Waals surface area contributed by atoms with Gasteiger partial charge in [0.15, 0.2) is 0 Å². The van der Waals surface area contributed by atoms with Crippen LogP contribution in [-0.4, -0.2) is 56.2 Å². The van der Waals surface area contributed by atoms with Crippen molar-refractivity contribution in [2.45, 2.75) is 45.1 Å². The third kappa shape index (κ3) is 3.74. The second-order valence-electron chi connectivity index (χ2n) is 8.31. The fourth-order valence-electron chi connectivity index (χ4n) is 4.72. The molecule has 3 aliphatic heterocycles. The Morgan fingerprint density at radius 3 is 2.85 bits per heavy atom. The van der Waals surface area contributed by atoms with Crippen molar-refractivity contribution < 1.29 is 9.53 Å². The molecule has 0 radical (unpaired) electrons. The first-order valence-electron chi connectivity index (χ1n) is 10.1. The molecule has 1 spiro atoms. The SMILES string of the molecule is C[C@@H]1CCCN1CCCOc1ccc(N2C[C@@]3(CCNC3)CC2=O)cc1. The normalized spacial score (nSPS) is 29.2. The van der Waals surface area contributed by atoms with E-state index in [1.807, 2.05) is 29.2 Å². The van der Waals surface area contributed by atoms with E-state index in [-0.39, 0.29) is 11.3 Å². The molecule has 1 aromatic carbocycles. The Kier molecular flexibility index (Phi) is 5.18. The van der Waals surface area contributed by atoms with Gasteiger partial charge in [-0.15, -0.1) is 0 Å². The first-order valence-corrected chi connectivity index (χ1v) is 10.1.